The average molecular weight is 538 g/mol. The summed E-state index contributed by atoms with van der Waals surface area (Å²) in [6.45, 7) is 3.69. The summed E-state index contributed by atoms with van der Waals surface area (Å²) < 4.78 is 11.1. The van der Waals surface area contributed by atoms with Crippen LogP contribution in [-0.2, 0) is 32.1 Å². The van der Waals surface area contributed by atoms with Crippen LogP contribution in [0.3, 0.4) is 0 Å². The van der Waals surface area contributed by atoms with Gasteiger partial charge in [0.15, 0.2) is 0 Å². The molecule has 2 amide bonds. The smallest absolute Gasteiger partial charge is 0.408 e. The lowest BCUT2D eigenvalue weighted by atomic mass is 10.0. The molecule has 2 N–H and O–H groups in total. The molecule has 2 aromatic rings. The third kappa shape index (κ3) is 7.86. The summed E-state index contributed by atoms with van der Waals surface area (Å²) in [5.41, 5.74) is 1.75. The topological polar surface area (TPSA) is 93.7 Å². The zero-order chi connectivity index (χ0) is 22.8. The molecule has 2 rings (SSSR count). The molecule has 31 heavy (non-hydrogen) atoms. The number of rotatable bonds is 9. The molecule has 0 radical (unpaired) electrons. The average Bonchev–Trinajstić information content (AvgIpc) is 2.76. The quantitative estimate of drug-likeness (QED) is 0.377. The van der Waals surface area contributed by atoms with Gasteiger partial charge in [-0.15, -0.1) is 0 Å². The predicted molar refractivity (Wildman–Crippen MR) is 125 cm³/mol. The van der Waals surface area contributed by atoms with Gasteiger partial charge in [0.05, 0.1) is 7.11 Å². The Hall–Kier alpha value is -2.62. The van der Waals surface area contributed by atoms with Crippen molar-refractivity contribution in [2.75, 3.05) is 7.11 Å². The molecule has 2 aromatic carbocycles. The molecule has 0 aliphatic heterocycles. The number of carbonyl (C=O) groups excluding carboxylic acids is 3. The van der Waals surface area contributed by atoms with E-state index >= 15 is 0 Å². The van der Waals surface area contributed by atoms with Gasteiger partial charge in [0.1, 0.15) is 18.7 Å². The highest BCUT2D eigenvalue weighted by Gasteiger charge is 2.30. The van der Waals surface area contributed by atoms with Crippen molar-refractivity contribution >= 4 is 40.6 Å². The number of hydrogen-bond donors (Lipinski definition) is 2. The number of ether oxygens (including phenoxy) is 2. The lowest BCUT2D eigenvalue weighted by molar-refractivity contribution is -0.145. The van der Waals surface area contributed by atoms with E-state index in [0.29, 0.717) is 0 Å². The summed E-state index contributed by atoms with van der Waals surface area (Å²) in [4.78, 5) is 37.4. The van der Waals surface area contributed by atoms with Crippen molar-refractivity contribution in [3.63, 3.8) is 0 Å². The SMILES string of the molecule is COC(=O)[C@@H](Cc1ccccc1I)NC(=O)[C@H](NC(=O)OCc1ccccc1)C(C)C. The number of hydrogen-bond acceptors (Lipinski definition) is 5. The van der Waals surface area contributed by atoms with Crippen molar-refractivity contribution in [2.24, 2.45) is 5.92 Å². The van der Waals surface area contributed by atoms with E-state index in [-0.39, 0.29) is 18.9 Å². The second kappa shape index (κ2) is 12.3. The highest BCUT2D eigenvalue weighted by Crippen LogP contribution is 2.14. The van der Waals surface area contributed by atoms with Crippen molar-refractivity contribution in [1.82, 2.24) is 10.6 Å². The molecule has 0 fully saturated rings. The van der Waals surface area contributed by atoms with E-state index in [1.807, 2.05) is 54.6 Å². The lowest BCUT2D eigenvalue weighted by Gasteiger charge is -2.24. The van der Waals surface area contributed by atoms with Crippen LogP contribution in [0, 0.1) is 9.49 Å². The molecule has 7 nitrogen and oxygen atoms in total. The predicted octanol–water partition coefficient (Wildman–Crippen LogP) is 3.44. The van der Waals surface area contributed by atoms with Crippen LogP contribution in [0.4, 0.5) is 4.79 Å². The number of halogens is 1. The van der Waals surface area contributed by atoms with Crippen LogP contribution in [0.15, 0.2) is 54.6 Å². The summed E-state index contributed by atoms with van der Waals surface area (Å²) in [5, 5.41) is 5.31. The minimum absolute atomic E-state index is 0.0936. The molecule has 0 saturated carbocycles. The van der Waals surface area contributed by atoms with Gasteiger partial charge < -0.3 is 20.1 Å². The van der Waals surface area contributed by atoms with Crippen LogP contribution in [0.1, 0.15) is 25.0 Å². The molecule has 166 valence electrons. The maximum absolute atomic E-state index is 12.9. The fraction of sp³-hybridized carbons (Fsp3) is 0.348. The first-order valence-corrected chi connectivity index (χ1v) is 11.0. The van der Waals surface area contributed by atoms with Gasteiger partial charge in [0.2, 0.25) is 5.91 Å². The summed E-state index contributed by atoms with van der Waals surface area (Å²) in [6, 6.07) is 15.1. The second-order valence-electron chi connectivity index (χ2n) is 7.31. The van der Waals surface area contributed by atoms with E-state index in [0.717, 1.165) is 14.7 Å². The second-order valence-corrected chi connectivity index (χ2v) is 8.47. The van der Waals surface area contributed by atoms with E-state index in [4.69, 9.17) is 9.47 Å². The monoisotopic (exact) mass is 538 g/mol. The van der Waals surface area contributed by atoms with Crippen molar-refractivity contribution in [3.05, 3.63) is 69.3 Å². The van der Waals surface area contributed by atoms with Crippen LogP contribution < -0.4 is 10.6 Å². The van der Waals surface area contributed by atoms with E-state index < -0.39 is 30.1 Å². The first-order valence-electron chi connectivity index (χ1n) is 9.90. The van der Waals surface area contributed by atoms with Gasteiger partial charge in [-0.3, -0.25) is 4.79 Å². The molecule has 8 heteroatoms. The summed E-state index contributed by atoms with van der Waals surface area (Å²) in [7, 11) is 1.27. The molecule has 0 aliphatic rings. The molecule has 0 unspecified atom stereocenters. The maximum Gasteiger partial charge on any atom is 0.408 e. The Kier molecular flexibility index (Phi) is 9.77. The number of amides is 2. The largest absolute Gasteiger partial charge is 0.467 e. The standard InChI is InChI=1S/C23H27IN2O5/c1-15(2)20(26-23(29)31-14-16-9-5-4-6-10-16)21(27)25-19(22(28)30-3)13-17-11-7-8-12-18(17)24/h4-12,15,19-20H,13-14H2,1-3H3,(H,25,27)(H,26,29)/t19-,20-/m1/s1. The molecule has 0 heterocycles. The zero-order valence-electron chi connectivity index (χ0n) is 17.8. The van der Waals surface area contributed by atoms with E-state index in [1.54, 1.807) is 13.8 Å². The van der Waals surface area contributed by atoms with Crippen molar-refractivity contribution in [3.8, 4) is 0 Å². The van der Waals surface area contributed by atoms with Crippen LogP contribution in [-0.4, -0.2) is 37.2 Å². The summed E-state index contributed by atoms with van der Waals surface area (Å²) >= 11 is 2.18. The minimum Gasteiger partial charge on any atom is -0.467 e. The fourth-order valence-corrected chi connectivity index (χ4v) is 3.52. The Labute approximate surface area is 196 Å². The molecule has 0 spiro atoms. The minimum atomic E-state index is -0.878. The Morgan fingerprint density at radius 1 is 0.968 bits per heavy atom. The Balaban J connectivity index is 2.03. The van der Waals surface area contributed by atoms with Crippen LogP contribution >= 0.6 is 22.6 Å². The summed E-state index contributed by atoms with van der Waals surface area (Å²) in [5.74, 6) is -1.26. The normalized spacial score (nSPS) is 12.5. The highest BCUT2D eigenvalue weighted by molar-refractivity contribution is 14.1. The van der Waals surface area contributed by atoms with E-state index in [9.17, 15) is 14.4 Å². The number of methoxy groups -OCH3 is 1. The number of esters is 1. The number of carbonyl (C=O) groups is 3. The van der Waals surface area contributed by atoms with Gasteiger partial charge in [0.25, 0.3) is 0 Å². The number of nitrogens with one attached hydrogen (secondary N) is 2. The van der Waals surface area contributed by atoms with Crippen LogP contribution in [0.2, 0.25) is 0 Å². The molecular weight excluding hydrogens is 511 g/mol. The molecule has 2 atom stereocenters. The molecule has 0 bridgehead atoms. The number of alkyl carbamates (subject to hydrolysis) is 1. The molecule has 0 saturated heterocycles. The van der Waals surface area contributed by atoms with Gasteiger partial charge in [-0.05, 0) is 45.7 Å². The van der Waals surface area contributed by atoms with Gasteiger partial charge in [-0.2, -0.15) is 0 Å². The third-order valence-electron chi connectivity index (χ3n) is 4.62. The van der Waals surface area contributed by atoms with E-state index in [2.05, 4.69) is 33.2 Å². The van der Waals surface area contributed by atoms with Crippen molar-refractivity contribution in [1.29, 1.82) is 0 Å². The van der Waals surface area contributed by atoms with Gasteiger partial charge in [-0.1, -0.05) is 62.4 Å². The van der Waals surface area contributed by atoms with Crippen LogP contribution in [0.5, 0.6) is 0 Å². The summed E-state index contributed by atoms with van der Waals surface area (Å²) in [6.07, 6.45) is -0.425. The van der Waals surface area contributed by atoms with Crippen molar-refractivity contribution < 1.29 is 23.9 Å². The third-order valence-corrected chi connectivity index (χ3v) is 5.67. The van der Waals surface area contributed by atoms with Crippen LogP contribution in [0.25, 0.3) is 0 Å². The Morgan fingerprint density at radius 3 is 2.23 bits per heavy atom. The Bertz CT molecular complexity index is 889. The fourth-order valence-electron chi connectivity index (χ4n) is 2.91. The molecule has 0 aliphatic carbocycles. The van der Waals surface area contributed by atoms with Gasteiger partial charge >= 0.3 is 12.1 Å². The van der Waals surface area contributed by atoms with Gasteiger partial charge in [-0.25, -0.2) is 9.59 Å². The number of benzene rings is 2. The highest BCUT2D eigenvalue weighted by atomic mass is 127. The first-order chi connectivity index (χ1) is 14.8. The molecule has 0 aromatic heterocycles. The molecular formula is C23H27IN2O5. The first kappa shape index (κ1) is 24.6. The Morgan fingerprint density at radius 2 is 1.61 bits per heavy atom. The van der Waals surface area contributed by atoms with E-state index in [1.165, 1.54) is 7.11 Å². The lowest BCUT2D eigenvalue weighted by Crippen LogP contribution is -2.54. The maximum atomic E-state index is 12.9. The zero-order valence-corrected chi connectivity index (χ0v) is 19.9. The van der Waals surface area contributed by atoms with Crippen molar-refractivity contribution in [2.45, 2.75) is 39.0 Å². The van der Waals surface area contributed by atoms with Gasteiger partial charge in [0, 0.05) is 9.99 Å².